The van der Waals surface area contributed by atoms with Crippen LogP contribution in [0.1, 0.15) is 27.3 Å². The van der Waals surface area contributed by atoms with Gasteiger partial charge in [-0.25, -0.2) is 0 Å². The number of benzene rings is 2. The van der Waals surface area contributed by atoms with Crippen LogP contribution in [0.15, 0.2) is 65.7 Å². The number of rotatable bonds is 5. The molecule has 1 amide bonds. The fourth-order valence-electron chi connectivity index (χ4n) is 2.68. The Morgan fingerprint density at radius 1 is 1.11 bits per heavy atom. The average Bonchev–Trinajstić information content (AvgIpc) is 2.94. The Hall–Kier alpha value is -3.74. The number of carbonyl (C=O) groups excluding carboxylic acids is 1. The number of hydrogen-bond acceptors (Lipinski definition) is 4. The van der Waals surface area contributed by atoms with Crippen molar-refractivity contribution in [2.45, 2.75) is 13.8 Å². The fourth-order valence-corrected chi connectivity index (χ4v) is 2.68. The largest absolute Gasteiger partial charge is 0.271 e. The van der Waals surface area contributed by atoms with Crippen molar-refractivity contribution in [3.63, 3.8) is 0 Å². The molecule has 7 nitrogen and oxygen atoms in total. The number of carbonyl (C=O) groups is 1. The molecule has 0 bridgehead atoms. The number of amides is 1. The van der Waals surface area contributed by atoms with Crippen molar-refractivity contribution in [3.05, 3.63) is 93.3 Å². The molecule has 1 N–H and O–H groups in total. The van der Waals surface area contributed by atoms with Crippen molar-refractivity contribution in [2.75, 3.05) is 5.43 Å². The van der Waals surface area contributed by atoms with E-state index in [-0.39, 0.29) is 11.6 Å². The van der Waals surface area contributed by atoms with Gasteiger partial charge in [0.1, 0.15) is 0 Å². The summed E-state index contributed by atoms with van der Waals surface area (Å²) in [6, 6.07) is 17.0. The predicted octanol–water partition coefficient (Wildman–Crippen LogP) is 4.15. The minimum atomic E-state index is -0.454. The standard InChI is InChI=1S/C20H18N4O3/c1-14-11-17(13-21-18-9-6-10-19(12-18)24(26)27)15(2)23(14)22-20(25)16-7-4-3-5-8-16/h3-13H,1-2H3,(H,22,25). The van der Waals surface area contributed by atoms with Crippen LogP contribution in [-0.2, 0) is 0 Å². The number of nitro benzene ring substituents is 1. The molecule has 0 radical (unpaired) electrons. The molecule has 3 aromatic rings. The lowest BCUT2D eigenvalue weighted by Crippen LogP contribution is -2.24. The second kappa shape index (κ2) is 7.65. The SMILES string of the molecule is Cc1cc(C=Nc2cccc([N+](=O)[O-])c2)c(C)n1NC(=O)c1ccccc1. The smallest absolute Gasteiger partial charge is 0.267 e. The van der Waals surface area contributed by atoms with Crippen molar-refractivity contribution in [3.8, 4) is 0 Å². The summed E-state index contributed by atoms with van der Waals surface area (Å²) in [5.74, 6) is -0.209. The lowest BCUT2D eigenvalue weighted by Gasteiger charge is -2.11. The molecule has 136 valence electrons. The van der Waals surface area contributed by atoms with Crippen LogP contribution in [0.2, 0.25) is 0 Å². The van der Waals surface area contributed by atoms with Crippen LogP contribution in [0.4, 0.5) is 11.4 Å². The first-order valence-corrected chi connectivity index (χ1v) is 8.29. The van der Waals surface area contributed by atoms with Crippen LogP contribution in [0.3, 0.4) is 0 Å². The van der Waals surface area contributed by atoms with Crippen LogP contribution >= 0.6 is 0 Å². The lowest BCUT2D eigenvalue weighted by molar-refractivity contribution is -0.384. The first kappa shape index (κ1) is 18.1. The molecule has 1 aromatic heterocycles. The highest BCUT2D eigenvalue weighted by Crippen LogP contribution is 2.20. The van der Waals surface area contributed by atoms with Gasteiger partial charge in [0, 0.05) is 40.9 Å². The van der Waals surface area contributed by atoms with Gasteiger partial charge in [-0.15, -0.1) is 0 Å². The van der Waals surface area contributed by atoms with Gasteiger partial charge in [-0.05, 0) is 38.1 Å². The molecule has 0 aliphatic carbocycles. The van der Waals surface area contributed by atoms with Crippen LogP contribution in [0.25, 0.3) is 0 Å². The summed E-state index contributed by atoms with van der Waals surface area (Å²) < 4.78 is 1.70. The van der Waals surface area contributed by atoms with Crippen LogP contribution in [-0.4, -0.2) is 21.7 Å². The van der Waals surface area contributed by atoms with Gasteiger partial charge in [-0.1, -0.05) is 24.3 Å². The van der Waals surface area contributed by atoms with Crippen molar-refractivity contribution in [2.24, 2.45) is 4.99 Å². The maximum absolute atomic E-state index is 12.4. The Balaban J connectivity index is 1.82. The highest BCUT2D eigenvalue weighted by molar-refractivity contribution is 6.00. The summed E-state index contributed by atoms with van der Waals surface area (Å²) in [6.07, 6.45) is 1.63. The highest BCUT2D eigenvalue weighted by Gasteiger charge is 2.12. The quantitative estimate of drug-likeness (QED) is 0.420. The maximum Gasteiger partial charge on any atom is 0.271 e. The van der Waals surface area contributed by atoms with Crippen molar-refractivity contribution in [1.82, 2.24) is 4.68 Å². The predicted molar refractivity (Wildman–Crippen MR) is 104 cm³/mol. The van der Waals surface area contributed by atoms with Gasteiger partial charge in [0.2, 0.25) is 0 Å². The fraction of sp³-hybridized carbons (Fsp3) is 0.100. The molecule has 0 aliphatic heterocycles. The second-order valence-electron chi connectivity index (χ2n) is 6.00. The zero-order chi connectivity index (χ0) is 19.4. The van der Waals surface area contributed by atoms with Crippen LogP contribution in [0.5, 0.6) is 0 Å². The van der Waals surface area contributed by atoms with Gasteiger partial charge in [0.05, 0.1) is 10.6 Å². The summed E-state index contributed by atoms with van der Waals surface area (Å²) in [4.78, 5) is 27.1. The molecule has 2 aromatic carbocycles. The highest BCUT2D eigenvalue weighted by atomic mass is 16.6. The van der Waals surface area contributed by atoms with E-state index in [2.05, 4.69) is 10.4 Å². The first-order valence-electron chi connectivity index (χ1n) is 8.29. The van der Waals surface area contributed by atoms with Crippen LogP contribution in [0, 0.1) is 24.0 Å². The Bertz CT molecular complexity index is 1020. The Morgan fingerprint density at radius 2 is 1.85 bits per heavy atom. The zero-order valence-corrected chi connectivity index (χ0v) is 14.9. The monoisotopic (exact) mass is 362 g/mol. The molecule has 0 atom stereocenters. The molecule has 3 rings (SSSR count). The Morgan fingerprint density at radius 3 is 2.56 bits per heavy atom. The normalized spacial score (nSPS) is 10.9. The van der Waals surface area contributed by atoms with E-state index in [0.717, 1.165) is 17.0 Å². The Labute approximate surface area is 156 Å². The average molecular weight is 362 g/mol. The van der Waals surface area contributed by atoms with E-state index >= 15 is 0 Å². The number of nitrogens with one attached hydrogen (secondary N) is 1. The number of aliphatic imine (C=N–C) groups is 1. The number of nitro groups is 1. The number of non-ortho nitro benzene ring substituents is 1. The number of aromatic nitrogens is 1. The van der Waals surface area contributed by atoms with E-state index in [1.54, 1.807) is 47.3 Å². The third-order valence-electron chi connectivity index (χ3n) is 4.11. The van der Waals surface area contributed by atoms with Crippen molar-refractivity contribution >= 4 is 23.5 Å². The summed E-state index contributed by atoms with van der Waals surface area (Å²) in [5, 5.41) is 10.9. The minimum absolute atomic E-state index is 0.00903. The van der Waals surface area contributed by atoms with Crippen molar-refractivity contribution in [1.29, 1.82) is 0 Å². The van der Waals surface area contributed by atoms with Gasteiger partial charge < -0.3 is 0 Å². The summed E-state index contributed by atoms with van der Waals surface area (Å²) in [6.45, 7) is 3.75. The van der Waals surface area contributed by atoms with Gasteiger partial charge in [0.25, 0.3) is 11.6 Å². The lowest BCUT2D eigenvalue weighted by atomic mass is 10.2. The molecule has 0 fully saturated rings. The van der Waals surface area contributed by atoms with Gasteiger partial charge >= 0.3 is 0 Å². The molecule has 0 spiro atoms. The van der Waals surface area contributed by atoms with Gasteiger partial charge in [-0.2, -0.15) is 0 Å². The van der Waals surface area contributed by atoms with E-state index in [0.29, 0.717) is 11.3 Å². The summed E-state index contributed by atoms with van der Waals surface area (Å²) in [5.41, 5.74) is 6.38. The third kappa shape index (κ3) is 4.09. The van der Waals surface area contributed by atoms with E-state index in [1.165, 1.54) is 12.1 Å². The number of aryl methyl sites for hydroxylation is 1. The van der Waals surface area contributed by atoms with E-state index in [4.69, 9.17) is 0 Å². The minimum Gasteiger partial charge on any atom is -0.267 e. The molecule has 0 unspecified atom stereocenters. The van der Waals surface area contributed by atoms with E-state index < -0.39 is 4.92 Å². The van der Waals surface area contributed by atoms with Crippen molar-refractivity contribution < 1.29 is 9.72 Å². The molecule has 0 saturated heterocycles. The molecule has 27 heavy (non-hydrogen) atoms. The molecular formula is C20H18N4O3. The van der Waals surface area contributed by atoms with E-state index in [9.17, 15) is 14.9 Å². The van der Waals surface area contributed by atoms with Crippen LogP contribution < -0.4 is 5.43 Å². The zero-order valence-electron chi connectivity index (χ0n) is 14.9. The molecule has 0 saturated carbocycles. The number of nitrogens with zero attached hydrogens (tertiary/aromatic N) is 3. The number of hydrogen-bond donors (Lipinski definition) is 1. The Kier molecular flexibility index (Phi) is 5.12. The topological polar surface area (TPSA) is 89.5 Å². The second-order valence-corrected chi connectivity index (χ2v) is 6.00. The van der Waals surface area contributed by atoms with E-state index in [1.807, 2.05) is 26.0 Å². The first-order chi connectivity index (χ1) is 13.0. The molecule has 0 aliphatic rings. The molecular weight excluding hydrogens is 344 g/mol. The summed E-state index contributed by atoms with van der Waals surface area (Å²) >= 11 is 0. The maximum atomic E-state index is 12.4. The molecule has 7 heteroatoms. The molecule has 1 heterocycles. The van der Waals surface area contributed by atoms with Gasteiger partial charge in [0.15, 0.2) is 0 Å². The third-order valence-corrected chi connectivity index (χ3v) is 4.11. The summed E-state index contributed by atoms with van der Waals surface area (Å²) in [7, 11) is 0. The van der Waals surface area contributed by atoms with Gasteiger partial charge in [-0.3, -0.25) is 30.0 Å².